The van der Waals surface area contributed by atoms with Crippen molar-refractivity contribution in [2.24, 2.45) is 5.92 Å². The highest BCUT2D eigenvalue weighted by atomic mass is 19.1. The third-order valence-corrected chi connectivity index (χ3v) is 4.00. The van der Waals surface area contributed by atoms with Gasteiger partial charge in [0.25, 0.3) is 0 Å². The molecular formula is C16H25FN2O. The number of halogens is 1. The number of nitrogens with zero attached hydrogens (tertiary/aromatic N) is 1. The van der Waals surface area contributed by atoms with Crippen LogP contribution in [0, 0.1) is 11.7 Å². The van der Waals surface area contributed by atoms with Crippen LogP contribution in [0.5, 0.6) is 5.75 Å². The second kappa shape index (κ2) is 7.04. The minimum Gasteiger partial charge on any atom is -0.508 e. The second-order valence-corrected chi connectivity index (χ2v) is 5.95. The van der Waals surface area contributed by atoms with Crippen molar-refractivity contribution in [1.82, 2.24) is 10.2 Å². The van der Waals surface area contributed by atoms with E-state index in [-0.39, 0.29) is 17.6 Å². The van der Waals surface area contributed by atoms with Crippen LogP contribution in [0.1, 0.15) is 38.3 Å². The lowest BCUT2D eigenvalue weighted by Crippen LogP contribution is -2.32. The van der Waals surface area contributed by atoms with Gasteiger partial charge in [0.05, 0.1) is 0 Å². The number of likely N-dealkylation sites (tertiary alicyclic amines) is 1. The Labute approximate surface area is 120 Å². The normalized spacial score (nSPS) is 19.1. The Kier molecular flexibility index (Phi) is 5.38. The molecule has 1 aromatic carbocycles. The van der Waals surface area contributed by atoms with Gasteiger partial charge in [0.2, 0.25) is 0 Å². The fourth-order valence-corrected chi connectivity index (χ4v) is 2.83. The summed E-state index contributed by atoms with van der Waals surface area (Å²) < 4.78 is 13.2. The van der Waals surface area contributed by atoms with Crippen LogP contribution in [0.2, 0.25) is 0 Å². The Balaban J connectivity index is 1.81. The van der Waals surface area contributed by atoms with Gasteiger partial charge >= 0.3 is 0 Å². The molecule has 2 atom stereocenters. The molecule has 4 heteroatoms. The first-order valence-electron chi connectivity index (χ1n) is 7.50. The minimum absolute atomic E-state index is 0.0493. The molecule has 0 saturated carbocycles. The molecule has 2 rings (SSSR count). The number of nitrogens with one attached hydrogen (secondary N) is 1. The van der Waals surface area contributed by atoms with Crippen LogP contribution in [0.4, 0.5) is 4.39 Å². The lowest BCUT2D eigenvalue weighted by molar-refractivity contribution is 0.278. The summed E-state index contributed by atoms with van der Waals surface area (Å²) in [6, 6.07) is 4.04. The summed E-state index contributed by atoms with van der Waals surface area (Å²) >= 11 is 0. The van der Waals surface area contributed by atoms with Gasteiger partial charge in [-0.1, -0.05) is 6.92 Å². The van der Waals surface area contributed by atoms with Crippen LogP contribution in [-0.4, -0.2) is 36.2 Å². The van der Waals surface area contributed by atoms with Gasteiger partial charge in [-0.2, -0.15) is 0 Å². The topological polar surface area (TPSA) is 35.5 Å². The van der Waals surface area contributed by atoms with Gasteiger partial charge in [-0.15, -0.1) is 0 Å². The Bertz CT molecular complexity index is 432. The van der Waals surface area contributed by atoms with Crippen LogP contribution in [0.3, 0.4) is 0 Å². The SMILES string of the molecule is CC(CNC(C)c1cc(F)ccc1O)CN1CCCC1. The summed E-state index contributed by atoms with van der Waals surface area (Å²) in [4.78, 5) is 2.50. The van der Waals surface area contributed by atoms with Crippen molar-refractivity contribution >= 4 is 0 Å². The lowest BCUT2D eigenvalue weighted by atomic mass is 10.1. The fourth-order valence-electron chi connectivity index (χ4n) is 2.83. The summed E-state index contributed by atoms with van der Waals surface area (Å²) in [6.45, 7) is 8.58. The van der Waals surface area contributed by atoms with Crippen molar-refractivity contribution in [1.29, 1.82) is 0 Å². The van der Waals surface area contributed by atoms with E-state index in [1.54, 1.807) is 0 Å². The zero-order valence-electron chi connectivity index (χ0n) is 12.4. The van der Waals surface area contributed by atoms with Gasteiger partial charge in [-0.25, -0.2) is 4.39 Å². The maximum Gasteiger partial charge on any atom is 0.123 e. The van der Waals surface area contributed by atoms with E-state index in [2.05, 4.69) is 17.1 Å². The van der Waals surface area contributed by atoms with Gasteiger partial charge in [0.1, 0.15) is 11.6 Å². The van der Waals surface area contributed by atoms with Gasteiger partial charge in [-0.05, 0) is 63.5 Å². The van der Waals surface area contributed by atoms with Crippen LogP contribution >= 0.6 is 0 Å². The Morgan fingerprint density at radius 2 is 2.00 bits per heavy atom. The highest BCUT2D eigenvalue weighted by Gasteiger charge is 2.16. The Hall–Kier alpha value is -1.13. The number of rotatable bonds is 6. The summed E-state index contributed by atoms with van der Waals surface area (Å²) in [5.74, 6) is 0.390. The average molecular weight is 280 g/mol. The smallest absolute Gasteiger partial charge is 0.123 e. The highest BCUT2D eigenvalue weighted by molar-refractivity contribution is 5.34. The number of aromatic hydroxyl groups is 1. The first kappa shape index (κ1) is 15.3. The molecule has 0 spiro atoms. The summed E-state index contributed by atoms with van der Waals surface area (Å²) in [6.07, 6.45) is 2.63. The van der Waals surface area contributed by atoms with E-state index in [0.29, 0.717) is 11.5 Å². The van der Waals surface area contributed by atoms with Crippen molar-refractivity contribution in [2.45, 2.75) is 32.7 Å². The molecule has 1 saturated heterocycles. The van der Waals surface area contributed by atoms with E-state index in [1.165, 1.54) is 44.1 Å². The Morgan fingerprint density at radius 1 is 1.30 bits per heavy atom. The number of phenolic OH excluding ortho intramolecular Hbond substituents is 1. The molecule has 0 amide bonds. The molecule has 1 fully saturated rings. The van der Waals surface area contributed by atoms with E-state index in [0.717, 1.165) is 13.1 Å². The molecule has 1 aromatic rings. The zero-order chi connectivity index (χ0) is 14.5. The first-order chi connectivity index (χ1) is 9.56. The number of phenols is 1. The van der Waals surface area contributed by atoms with E-state index in [1.807, 2.05) is 6.92 Å². The number of hydrogen-bond donors (Lipinski definition) is 2. The lowest BCUT2D eigenvalue weighted by Gasteiger charge is -2.23. The van der Waals surface area contributed by atoms with E-state index in [4.69, 9.17) is 0 Å². The zero-order valence-corrected chi connectivity index (χ0v) is 12.4. The van der Waals surface area contributed by atoms with E-state index in [9.17, 15) is 9.50 Å². The molecule has 3 nitrogen and oxygen atoms in total. The third kappa shape index (κ3) is 4.18. The first-order valence-corrected chi connectivity index (χ1v) is 7.50. The van der Waals surface area contributed by atoms with Crippen LogP contribution in [-0.2, 0) is 0 Å². The fraction of sp³-hybridized carbons (Fsp3) is 0.625. The predicted octanol–water partition coefficient (Wildman–Crippen LogP) is 2.91. The average Bonchev–Trinajstić information content (AvgIpc) is 2.91. The monoisotopic (exact) mass is 280 g/mol. The molecule has 2 unspecified atom stereocenters. The van der Waals surface area contributed by atoms with Crippen molar-refractivity contribution in [3.8, 4) is 5.75 Å². The molecular weight excluding hydrogens is 255 g/mol. The molecule has 0 radical (unpaired) electrons. The van der Waals surface area contributed by atoms with Crippen LogP contribution in [0.15, 0.2) is 18.2 Å². The van der Waals surface area contributed by atoms with Crippen molar-refractivity contribution in [3.05, 3.63) is 29.6 Å². The van der Waals surface area contributed by atoms with Crippen molar-refractivity contribution < 1.29 is 9.50 Å². The molecule has 1 heterocycles. The minimum atomic E-state index is -0.309. The van der Waals surface area contributed by atoms with E-state index < -0.39 is 0 Å². The largest absolute Gasteiger partial charge is 0.508 e. The van der Waals surface area contributed by atoms with Gasteiger partial charge in [-0.3, -0.25) is 0 Å². The molecule has 1 aliphatic heterocycles. The predicted molar refractivity (Wildman–Crippen MR) is 79.3 cm³/mol. The molecule has 0 aromatic heterocycles. The molecule has 0 aliphatic carbocycles. The van der Waals surface area contributed by atoms with Crippen molar-refractivity contribution in [3.63, 3.8) is 0 Å². The standard InChI is InChI=1S/C16H25FN2O/c1-12(11-19-7-3-4-8-19)10-18-13(2)15-9-14(17)5-6-16(15)20/h5-6,9,12-13,18,20H,3-4,7-8,10-11H2,1-2H3. The van der Waals surface area contributed by atoms with Gasteiger partial charge in [0, 0.05) is 18.2 Å². The summed E-state index contributed by atoms with van der Waals surface area (Å²) in [5.41, 5.74) is 0.623. The molecule has 112 valence electrons. The van der Waals surface area contributed by atoms with Crippen molar-refractivity contribution in [2.75, 3.05) is 26.2 Å². The van der Waals surface area contributed by atoms with Gasteiger partial charge in [0.15, 0.2) is 0 Å². The van der Waals surface area contributed by atoms with Gasteiger partial charge < -0.3 is 15.3 Å². The molecule has 20 heavy (non-hydrogen) atoms. The molecule has 0 bridgehead atoms. The Morgan fingerprint density at radius 3 is 2.70 bits per heavy atom. The van der Waals surface area contributed by atoms with Crippen LogP contribution < -0.4 is 5.32 Å². The maximum atomic E-state index is 13.2. The van der Waals surface area contributed by atoms with E-state index >= 15 is 0 Å². The second-order valence-electron chi connectivity index (χ2n) is 5.95. The highest BCUT2D eigenvalue weighted by Crippen LogP contribution is 2.24. The third-order valence-electron chi connectivity index (χ3n) is 4.00. The van der Waals surface area contributed by atoms with Crippen LogP contribution in [0.25, 0.3) is 0 Å². The maximum absolute atomic E-state index is 13.2. The number of benzene rings is 1. The summed E-state index contributed by atoms with van der Waals surface area (Å²) in [7, 11) is 0. The molecule has 2 N–H and O–H groups in total. The number of hydrogen-bond acceptors (Lipinski definition) is 3. The molecule has 1 aliphatic rings. The summed E-state index contributed by atoms with van der Waals surface area (Å²) in [5, 5.41) is 13.2. The quantitative estimate of drug-likeness (QED) is 0.841.